The minimum atomic E-state index is 0.875. The molecule has 0 radical (unpaired) electrons. The van der Waals surface area contributed by atoms with Crippen LogP contribution in [0.5, 0.6) is 0 Å². The van der Waals surface area contributed by atoms with Gasteiger partial charge in [0.15, 0.2) is 0 Å². The Bertz CT molecular complexity index is 281. The SMILES string of the molecule is CCN1CCC(CN2CCCN3CCCCC3C2)C1. The summed E-state index contributed by atoms with van der Waals surface area (Å²) >= 11 is 0. The normalized spacial score (nSPS) is 35.2. The van der Waals surface area contributed by atoms with Crippen molar-refractivity contribution in [2.45, 2.75) is 45.1 Å². The summed E-state index contributed by atoms with van der Waals surface area (Å²) < 4.78 is 0. The number of hydrogen-bond acceptors (Lipinski definition) is 3. The van der Waals surface area contributed by atoms with Crippen LogP contribution in [0.25, 0.3) is 0 Å². The van der Waals surface area contributed by atoms with Gasteiger partial charge in [-0.15, -0.1) is 0 Å². The molecule has 0 aliphatic carbocycles. The van der Waals surface area contributed by atoms with E-state index in [2.05, 4.69) is 21.6 Å². The molecule has 3 heteroatoms. The average molecular weight is 265 g/mol. The van der Waals surface area contributed by atoms with Gasteiger partial charge in [-0.05, 0) is 64.3 Å². The van der Waals surface area contributed by atoms with Gasteiger partial charge in [0.25, 0.3) is 0 Å². The van der Waals surface area contributed by atoms with Crippen molar-refractivity contribution < 1.29 is 0 Å². The summed E-state index contributed by atoms with van der Waals surface area (Å²) in [7, 11) is 0. The average Bonchev–Trinajstić information content (AvgIpc) is 2.78. The van der Waals surface area contributed by atoms with Crippen LogP contribution in [0.1, 0.15) is 39.0 Å². The Balaban J connectivity index is 1.50. The predicted molar refractivity (Wildman–Crippen MR) is 80.5 cm³/mol. The molecule has 110 valence electrons. The molecule has 3 aliphatic heterocycles. The van der Waals surface area contributed by atoms with E-state index in [-0.39, 0.29) is 0 Å². The highest BCUT2D eigenvalue weighted by Gasteiger charge is 2.29. The molecule has 0 aromatic heterocycles. The molecule has 0 aromatic carbocycles. The molecule has 19 heavy (non-hydrogen) atoms. The Morgan fingerprint density at radius 2 is 1.74 bits per heavy atom. The molecular weight excluding hydrogens is 234 g/mol. The third-order valence-corrected chi connectivity index (χ3v) is 5.47. The van der Waals surface area contributed by atoms with Crippen molar-refractivity contribution >= 4 is 0 Å². The van der Waals surface area contributed by atoms with E-state index >= 15 is 0 Å². The van der Waals surface area contributed by atoms with Gasteiger partial charge < -0.3 is 9.80 Å². The van der Waals surface area contributed by atoms with Crippen LogP contribution >= 0.6 is 0 Å². The minimum Gasteiger partial charge on any atom is -0.303 e. The van der Waals surface area contributed by atoms with E-state index in [1.165, 1.54) is 84.5 Å². The van der Waals surface area contributed by atoms with E-state index < -0.39 is 0 Å². The molecule has 3 saturated heterocycles. The summed E-state index contributed by atoms with van der Waals surface area (Å²) in [4.78, 5) is 8.19. The quantitative estimate of drug-likeness (QED) is 0.771. The Morgan fingerprint density at radius 3 is 2.58 bits per heavy atom. The van der Waals surface area contributed by atoms with Gasteiger partial charge >= 0.3 is 0 Å². The summed E-state index contributed by atoms with van der Waals surface area (Å²) in [6.07, 6.45) is 7.16. The molecule has 0 aromatic rings. The van der Waals surface area contributed by atoms with Crippen molar-refractivity contribution in [2.24, 2.45) is 5.92 Å². The zero-order chi connectivity index (χ0) is 13.1. The largest absolute Gasteiger partial charge is 0.303 e. The van der Waals surface area contributed by atoms with Crippen LogP contribution in [0.3, 0.4) is 0 Å². The van der Waals surface area contributed by atoms with Crippen molar-refractivity contribution in [3.63, 3.8) is 0 Å². The summed E-state index contributed by atoms with van der Waals surface area (Å²) in [6, 6.07) is 0.875. The highest BCUT2D eigenvalue weighted by atomic mass is 15.3. The number of fused-ring (bicyclic) bond motifs is 1. The van der Waals surface area contributed by atoms with Crippen molar-refractivity contribution in [1.29, 1.82) is 0 Å². The second-order valence-corrected chi connectivity index (χ2v) is 6.85. The number of hydrogen-bond donors (Lipinski definition) is 0. The van der Waals surface area contributed by atoms with Gasteiger partial charge in [0.2, 0.25) is 0 Å². The molecule has 3 fully saturated rings. The molecule has 0 spiro atoms. The second kappa shape index (κ2) is 6.55. The fourth-order valence-electron chi connectivity index (χ4n) is 4.33. The minimum absolute atomic E-state index is 0.875. The first-order valence-corrected chi connectivity index (χ1v) is 8.54. The maximum Gasteiger partial charge on any atom is 0.0223 e. The van der Waals surface area contributed by atoms with Crippen LogP contribution in [0.15, 0.2) is 0 Å². The fraction of sp³-hybridized carbons (Fsp3) is 1.00. The van der Waals surface area contributed by atoms with Crippen LogP contribution in [0.2, 0.25) is 0 Å². The smallest absolute Gasteiger partial charge is 0.0223 e. The Morgan fingerprint density at radius 1 is 0.842 bits per heavy atom. The lowest BCUT2D eigenvalue weighted by molar-refractivity contribution is 0.131. The Kier molecular flexibility index (Phi) is 4.78. The molecule has 2 atom stereocenters. The standard InChI is InChI=1S/C16H31N3/c1-2-17-11-7-15(12-17)13-18-8-5-10-19-9-4-3-6-16(19)14-18/h15-16H,2-14H2,1H3. The van der Waals surface area contributed by atoms with E-state index in [0.29, 0.717) is 0 Å². The highest BCUT2D eigenvalue weighted by Crippen LogP contribution is 2.23. The Labute approximate surface area is 118 Å². The van der Waals surface area contributed by atoms with E-state index in [1.807, 2.05) is 0 Å². The van der Waals surface area contributed by atoms with Crippen molar-refractivity contribution in [1.82, 2.24) is 14.7 Å². The van der Waals surface area contributed by atoms with Crippen LogP contribution < -0.4 is 0 Å². The number of likely N-dealkylation sites (tertiary alicyclic amines) is 1. The number of piperidine rings is 1. The molecule has 3 heterocycles. The van der Waals surface area contributed by atoms with Gasteiger partial charge in [0.1, 0.15) is 0 Å². The molecule has 0 amide bonds. The molecule has 0 bridgehead atoms. The molecule has 3 aliphatic rings. The van der Waals surface area contributed by atoms with Crippen LogP contribution in [-0.2, 0) is 0 Å². The Hall–Kier alpha value is -0.120. The zero-order valence-electron chi connectivity index (χ0n) is 12.7. The topological polar surface area (TPSA) is 9.72 Å². The maximum atomic E-state index is 2.79. The third-order valence-electron chi connectivity index (χ3n) is 5.47. The van der Waals surface area contributed by atoms with Crippen molar-refractivity contribution in [3.05, 3.63) is 0 Å². The zero-order valence-corrected chi connectivity index (χ0v) is 12.7. The maximum absolute atomic E-state index is 2.79. The first-order valence-electron chi connectivity index (χ1n) is 8.54. The molecule has 0 N–H and O–H groups in total. The molecule has 2 unspecified atom stereocenters. The van der Waals surface area contributed by atoms with Gasteiger partial charge in [0, 0.05) is 25.7 Å². The lowest BCUT2D eigenvalue weighted by Crippen LogP contribution is -2.44. The van der Waals surface area contributed by atoms with Crippen molar-refractivity contribution in [2.75, 3.05) is 52.4 Å². The summed E-state index contributed by atoms with van der Waals surface area (Å²) in [5.41, 5.74) is 0. The van der Waals surface area contributed by atoms with Gasteiger partial charge in [0.05, 0.1) is 0 Å². The first kappa shape index (κ1) is 13.8. The monoisotopic (exact) mass is 265 g/mol. The van der Waals surface area contributed by atoms with E-state index in [9.17, 15) is 0 Å². The van der Waals surface area contributed by atoms with Crippen molar-refractivity contribution in [3.8, 4) is 0 Å². The number of nitrogens with zero attached hydrogens (tertiary/aromatic N) is 3. The van der Waals surface area contributed by atoms with Crippen LogP contribution in [0.4, 0.5) is 0 Å². The predicted octanol–water partition coefficient (Wildman–Crippen LogP) is 1.89. The van der Waals surface area contributed by atoms with E-state index in [4.69, 9.17) is 0 Å². The second-order valence-electron chi connectivity index (χ2n) is 6.85. The lowest BCUT2D eigenvalue weighted by atomic mass is 10.0. The summed E-state index contributed by atoms with van der Waals surface area (Å²) in [6.45, 7) is 13.0. The first-order chi connectivity index (χ1) is 9.35. The number of rotatable bonds is 3. The van der Waals surface area contributed by atoms with E-state index in [1.54, 1.807) is 0 Å². The summed E-state index contributed by atoms with van der Waals surface area (Å²) in [5.74, 6) is 0.940. The van der Waals surface area contributed by atoms with E-state index in [0.717, 1.165) is 12.0 Å². The third kappa shape index (κ3) is 3.50. The van der Waals surface area contributed by atoms with Gasteiger partial charge in [-0.25, -0.2) is 0 Å². The molecule has 3 nitrogen and oxygen atoms in total. The summed E-state index contributed by atoms with van der Waals surface area (Å²) in [5, 5.41) is 0. The van der Waals surface area contributed by atoms with Gasteiger partial charge in [-0.3, -0.25) is 4.90 Å². The lowest BCUT2D eigenvalue weighted by Gasteiger charge is -2.35. The fourth-order valence-corrected chi connectivity index (χ4v) is 4.33. The molecule has 0 saturated carbocycles. The van der Waals surface area contributed by atoms with Gasteiger partial charge in [-0.1, -0.05) is 13.3 Å². The van der Waals surface area contributed by atoms with Crippen LogP contribution in [0, 0.1) is 5.92 Å². The molecular formula is C16H31N3. The highest BCUT2D eigenvalue weighted by molar-refractivity contribution is 4.85. The molecule has 3 rings (SSSR count). The van der Waals surface area contributed by atoms with Crippen LogP contribution in [-0.4, -0.2) is 73.1 Å². The van der Waals surface area contributed by atoms with Gasteiger partial charge in [-0.2, -0.15) is 0 Å².